The highest BCUT2D eigenvalue weighted by molar-refractivity contribution is 7.14. The lowest BCUT2D eigenvalue weighted by molar-refractivity contribution is -0.148. The fourth-order valence-corrected chi connectivity index (χ4v) is 4.17. The van der Waals surface area contributed by atoms with Crippen molar-refractivity contribution in [3.63, 3.8) is 0 Å². The van der Waals surface area contributed by atoms with E-state index in [1.165, 1.54) is 18.3 Å². The third kappa shape index (κ3) is 5.13. The number of hydrogen-bond donors (Lipinski definition) is 0. The predicted molar refractivity (Wildman–Crippen MR) is 120 cm³/mol. The first-order valence-corrected chi connectivity index (χ1v) is 10.9. The van der Waals surface area contributed by atoms with Gasteiger partial charge in [0.05, 0.1) is 17.3 Å². The molecule has 6 heteroatoms. The van der Waals surface area contributed by atoms with E-state index in [1.54, 1.807) is 4.90 Å². The first-order valence-electron chi connectivity index (χ1n) is 10.0. The van der Waals surface area contributed by atoms with Crippen LogP contribution in [0.1, 0.15) is 44.4 Å². The monoisotopic (exact) mass is 422 g/mol. The minimum Gasteiger partial charge on any atom is -0.459 e. The molecule has 1 amide bonds. The molecule has 2 aromatic carbocycles. The van der Waals surface area contributed by atoms with Crippen molar-refractivity contribution in [2.45, 2.75) is 39.7 Å². The Labute approximate surface area is 181 Å². The zero-order valence-electron chi connectivity index (χ0n) is 17.4. The average molecular weight is 423 g/mol. The Morgan fingerprint density at radius 1 is 1.07 bits per heavy atom. The van der Waals surface area contributed by atoms with Crippen molar-refractivity contribution in [2.24, 2.45) is 5.92 Å². The molecule has 0 radical (unpaired) electrons. The summed E-state index contributed by atoms with van der Waals surface area (Å²) in [6, 6.07) is 19.1. The first kappa shape index (κ1) is 21.7. The molecule has 3 aromatic rings. The second kappa shape index (κ2) is 10.2. The maximum absolute atomic E-state index is 12.9. The molecule has 1 aromatic heterocycles. The fourth-order valence-electron chi connectivity index (χ4n) is 3.30. The summed E-state index contributed by atoms with van der Waals surface area (Å²) in [4.78, 5) is 31.1. The summed E-state index contributed by atoms with van der Waals surface area (Å²) in [5.74, 6) is -0.527. The molecule has 2 atom stereocenters. The van der Waals surface area contributed by atoms with Crippen molar-refractivity contribution in [1.82, 2.24) is 4.98 Å². The van der Waals surface area contributed by atoms with Crippen molar-refractivity contribution >= 4 is 34.0 Å². The molecule has 0 bridgehead atoms. The summed E-state index contributed by atoms with van der Waals surface area (Å²) in [6.45, 7) is 5.71. The van der Waals surface area contributed by atoms with Crippen LogP contribution in [0.25, 0.3) is 0 Å². The molecule has 3 rings (SSSR count). The zero-order valence-corrected chi connectivity index (χ0v) is 18.3. The molecule has 0 fully saturated rings. The highest BCUT2D eigenvalue weighted by Crippen LogP contribution is 2.31. The Hall–Kier alpha value is -2.99. The van der Waals surface area contributed by atoms with Gasteiger partial charge in [-0.15, -0.1) is 11.3 Å². The van der Waals surface area contributed by atoms with Crippen molar-refractivity contribution < 1.29 is 14.3 Å². The van der Waals surface area contributed by atoms with Crippen LogP contribution in [0.15, 0.2) is 66.0 Å². The highest BCUT2D eigenvalue weighted by atomic mass is 32.1. The molecule has 0 unspecified atom stereocenters. The SMILES string of the molecule is CC[C@@H](C)[C@@H](C(=O)OCc1csc(N(C(C)=O)c2ccccc2)n1)c1ccccc1. The van der Waals surface area contributed by atoms with Gasteiger partial charge in [-0.05, 0) is 23.6 Å². The second-order valence-corrected chi connectivity index (χ2v) is 8.03. The van der Waals surface area contributed by atoms with Crippen LogP contribution in [-0.2, 0) is 20.9 Å². The zero-order chi connectivity index (χ0) is 21.5. The van der Waals surface area contributed by atoms with Crippen LogP contribution < -0.4 is 4.90 Å². The van der Waals surface area contributed by atoms with Crippen LogP contribution in [0.4, 0.5) is 10.8 Å². The summed E-state index contributed by atoms with van der Waals surface area (Å²) < 4.78 is 5.63. The van der Waals surface area contributed by atoms with E-state index in [9.17, 15) is 9.59 Å². The molecule has 0 aliphatic carbocycles. The number of para-hydroxylation sites is 1. The van der Waals surface area contributed by atoms with Gasteiger partial charge < -0.3 is 4.74 Å². The van der Waals surface area contributed by atoms with Gasteiger partial charge in [-0.3, -0.25) is 14.5 Å². The topological polar surface area (TPSA) is 59.5 Å². The average Bonchev–Trinajstić information content (AvgIpc) is 3.22. The lowest BCUT2D eigenvalue weighted by Crippen LogP contribution is -2.23. The van der Waals surface area contributed by atoms with Crippen LogP contribution >= 0.6 is 11.3 Å². The number of rotatable bonds is 8. The van der Waals surface area contributed by atoms with Crippen molar-refractivity contribution in [1.29, 1.82) is 0 Å². The molecule has 0 spiro atoms. The number of ether oxygens (including phenoxy) is 1. The standard InChI is InChI=1S/C24H26N2O3S/c1-4-17(2)22(19-11-7-5-8-12-19)23(28)29-15-20-16-30-24(25-20)26(18(3)27)21-13-9-6-10-14-21/h5-14,16-17,22H,4,15H2,1-3H3/t17-,22-/m1/s1. The van der Waals surface area contributed by atoms with Gasteiger partial charge in [0.25, 0.3) is 0 Å². The number of anilines is 2. The Morgan fingerprint density at radius 3 is 2.30 bits per heavy atom. The Kier molecular flexibility index (Phi) is 7.36. The lowest BCUT2D eigenvalue weighted by Gasteiger charge is -2.21. The summed E-state index contributed by atoms with van der Waals surface area (Å²) in [7, 11) is 0. The molecule has 0 aliphatic heterocycles. The quantitative estimate of drug-likeness (QED) is 0.437. The van der Waals surface area contributed by atoms with Gasteiger partial charge in [0.2, 0.25) is 5.91 Å². The molecule has 5 nitrogen and oxygen atoms in total. The van der Waals surface area contributed by atoms with E-state index in [2.05, 4.69) is 18.8 Å². The smallest absolute Gasteiger partial charge is 0.314 e. The van der Waals surface area contributed by atoms with E-state index in [-0.39, 0.29) is 30.3 Å². The number of hydrogen-bond acceptors (Lipinski definition) is 5. The summed E-state index contributed by atoms with van der Waals surface area (Å²) in [5, 5.41) is 2.38. The van der Waals surface area contributed by atoms with Gasteiger partial charge in [-0.1, -0.05) is 68.8 Å². The van der Waals surface area contributed by atoms with Crippen molar-refractivity contribution in [3.8, 4) is 0 Å². The van der Waals surface area contributed by atoms with Crippen molar-refractivity contribution in [2.75, 3.05) is 4.90 Å². The number of amides is 1. The maximum Gasteiger partial charge on any atom is 0.314 e. The predicted octanol–water partition coefficient (Wildman–Crippen LogP) is 5.70. The van der Waals surface area contributed by atoms with E-state index in [1.807, 2.05) is 66.0 Å². The molecular formula is C24H26N2O3S. The summed E-state index contributed by atoms with van der Waals surface area (Å²) >= 11 is 1.35. The Bertz CT molecular complexity index is 972. The number of nitrogens with zero attached hydrogens (tertiary/aromatic N) is 2. The molecule has 156 valence electrons. The largest absolute Gasteiger partial charge is 0.459 e. The number of esters is 1. The van der Waals surface area contributed by atoms with Gasteiger partial charge in [0.15, 0.2) is 5.13 Å². The molecular weight excluding hydrogens is 396 g/mol. The Morgan fingerprint density at radius 2 is 1.70 bits per heavy atom. The molecule has 0 N–H and O–H groups in total. The van der Waals surface area contributed by atoms with E-state index >= 15 is 0 Å². The minimum absolute atomic E-state index is 0.0790. The van der Waals surface area contributed by atoms with Crippen LogP contribution in [0.2, 0.25) is 0 Å². The van der Waals surface area contributed by atoms with E-state index in [4.69, 9.17) is 4.74 Å². The molecule has 0 saturated carbocycles. The van der Waals surface area contributed by atoms with Gasteiger partial charge in [-0.2, -0.15) is 0 Å². The molecule has 0 saturated heterocycles. The normalized spacial score (nSPS) is 12.8. The van der Waals surface area contributed by atoms with Gasteiger partial charge in [-0.25, -0.2) is 4.98 Å². The van der Waals surface area contributed by atoms with E-state index in [0.29, 0.717) is 10.8 Å². The third-order valence-electron chi connectivity index (χ3n) is 5.05. The Balaban J connectivity index is 1.72. The summed E-state index contributed by atoms with van der Waals surface area (Å²) in [6.07, 6.45) is 0.875. The number of benzene rings is 2. The van der Waals surface area contributed by atoms with Crippen molar-refractivity contribution in [3.05, 3.63) is 77.3 Å². The number of thiazole rings is 1. The third-order valence-corrected chi connectivity index (χ3v) is 5.92. The van der Waals surface area contributed by atoms with E-state index < -0.39 is 0 Å². The van der Waals surface area contributed by atoms with Crippen LogP contribution in [0, 0.1) is 5.92 Å². The first-order chi connectivity index (χ1) is 14.5. The number of aromatic nitrogens is 1. The molecule has 30 heavy (non-hydrogen) atoms. The summed E-state index contributed by atoms with van der Waals surface area (Å²) in [5.41, 5.74) is 2.34. The van der Waals surface area contributed by atoms with Gasteiger partial charge >= 0.3 is 5.97 Å². The minimum atomic E-state index is -0.313. The van der Waals surface area contributed by atoms with Gasteiger partial charge in [0, 0.05) is 12.3 Å². The molecule has 0 aliphatic rings. The lowest BCUT2D eigenvalue weighted by atomic mass is 9.86. The van der Waals surface area contributed by atoms with Crippen LogP contribution in [0.3, 0.4) is 0 Å². The molecule has 1 heterocycles. The van der Waals surface area contributed by atoms with Crippen LogP contribution in [-0.4, -0.2) is 16.9 Å². The highest BCUT2D eigenvalue weighted by Gasteiger charge is 2.27. The van der Waals surface area contributed by atoms with Crippen LogP contribution in [0.5, 0.6) is 0 Å². The number of carbonyl (C=O) groups is 2. The second-order valence-electron chi connectivity index (χ2n) is 7.19. The van der Waals surface area contributed by atoms with E-state index in [0.717, 1.165) is 17.7 Å². The fraction of sp³-hybridized carbons (Fsp3) is 0.292. The van der Waals surface area contributed by atoms with Gasteiger partial charge in [0.1, 0.15) is 6.61 Å². The number of carbonyl (C=O) groups excluding carboxylic acids is 2. The maximum atomic E-state index is 12.9.